The molecule has 8 heteroatoms. The molecule has 0 bridgehead atoms. The maximum atomic E-state index is 12.3. The quantitative estimate of drug-likeness (QED) is 0.859. The zero-order valence-corrected chi connectivity index (χ0v) is 15.2. The van der Waals surface area contributed by atoms with E-state index in [4.69, 9.17) is 0 Å². The van der Waals surface area contributed by atoms with Crippen molar-refractivity contribution in [3.63, 3.8) is 0 Å². The lowest BCUT2D eigenvalue weighted by Crippen LogP contribution is -2.52. The summed E-state index contributed by atoms with van der Waals surface area (Å²) in [7, 11) is 0. The van der Waals surface area contributed by atoms with Crippen molar-refractivity contribution in [3.8, 4) is 0 Å². The van der Waals surface area contributed by atoms with Gasteiger partial charge in [0.1, 0.15) is 5.82 Å². The average molecular weight is 364 g/mol. The third-order valence-electron chi connectivity index (χ3n) is 4.59. The molecule has 2 N–H and O–H groups in total. The Morgan fingerprint density at radius 3 is 2.83 bits per heavy atom. The van der Waals surface area contributed by atoms with Crippen LogP contribution in [0.25, 0.3) is 0 Å². The van der Waals surface area contributed by atoms with Gasteiger partial charge in [-0.05, 0) is 19.8 Å². The minimum Gasteiger partial charge on any atom is -0.314 e. The van der Waals surface area contributed by atoms with Crippen molar-refractivity contribution in [1.29, 1.82) is 0 Å². The van der Waals surface area contributed by atoms with Gasteiger partial charge in [-0.1, -0.05) is 12.8 Å². The number of carbonyl (C=O) groups is 1. The standard InChI is InChI=1S/C15H25N5O.2ClH/c1-12-10-16-8-9-19(12)11-15(21)18-14-6-7-17-20(14)13-4-2-3-5-13;;/h6-7,12-13,16H,2-5,8-11H2,1H3,(H,18,21);2*1H/t12-;;/m1../s1. The highest BCUT2D eigenvalue weighted by atomic mass is 35.5. The number of anilines is 1. The molecule has 1 amide bonds. The van der Waals surface area contributed by atoms with Crippen molar-refractivity contribution >= 4 is 36.5 Å². The molecular formula is C15H27Cl2N5O. The zero-order chi connectivity index (χ0) is 14.7. The van der Waals surface area contributed by atoms with E-state index in [2.05, 4.69) is 27.6 Å². The third-order valence-corrected chi connectivity index (χ3v) is 4.59. The minimum absolute atomic E-state index is 0. The Bertz CT molecular complexity index is 490. The van der Waals surface area contributed by atoms with E-state index in [1.165, 1.54) is 25.7 Å². The highest BCUT2D eigenvalue weighted by Crippen LogP contribution is 2.31. The summed E-state index contributed by atoms with van der Waals surface area (Å²) in [5.74, 6) is 0.901. The molecule has 1 aliphatic carbocycles. The molecule has 2 heterocycles. The third kappa shape index (κ3) is 5.08. The van der Waals surface area contributed by atoms with Crippen LogP contribution in [0.4, 0.5) is 5.82 Å². The second-order valence-electron chi connectivity index (χ2n) is 6.17. The Morgan fingerprint density at radius 1 is 1.39 bits per heavy atom. The van der Waals surface area contributed by atoms with Crippen LogP contribution in [0.5, 0.6) is 0 Å². The van der Waals surface area contributed by atoms with E-state index < -0.39 is 0 Å². The number of piperazine rings is 1. The Labute approximate surface area is 150 Å². The number of hydrogen-bond donors (Lipinski definition) is 2. The lowest BCUT2D eigenvalue weighted by atomic mass is 10.2. The van der Waals surface area contributed by atoms with Crippen molar-refractivity contribution in [2.24, 2.45) is 0 Å². The molecule has 23 heavy (non-hydrogen) atoms. The summed E-state index contributed by atoms with van der Waals surface area (Å²) in [4.78, 5) is 14.5. The molecule has 0 unspecified atom stereocenters. The molecule has 132 valence electrons. The summed E-state index contributed by atoms with van der Waals surface area (Å²) in [5.41, 5.74) is 0. The summed E-state index contributed by atoms with van der Waals surface area (Å²) < 4.78 is 1.99. The summed E-state index contributed by atoms with van der Waals surface area (Å²) in [6.07, 6.45) is 6.63. The highest BCUT2D eigenvalue weighted by Gasteiger charge is 2.23. The van der Waals surface area contributed by atoms with Crippen LogP contribution in [0.15, 0.2) is 12.3 Å². The molecule has 1 aliphatic heterocycles. The number of halogens is 2. The smallest absolute Gasteiger partial charge is 0.239 e. The van der Waals surface area contributed by atoms with Gasteiger partial charge in [-0.25, -0.2) is 4.68 Å². The van der Waals surface area contributed by atoms with Gasteiger partial charge in [0.05, 0.1) is 18.8 Å². The summed E-state index contributed by atoms with van der Waals surface area (Å²) in [5, 5.41) is 10.8. The second-order valence-corrected chi connectivity index (χ2v) is 6.17. The summed E-state index contributed by atoms with van der Waals surface area (Å²) in [6, 6.07) is 2.76. The fraction of sp³-hybridized carbons (Fsp3) is 0.733. The van der Waals surface area contributed by atoms with Crippen LogP contribution in [0.2, 0.25) is 0 Å². The van der Waals surface area contributed by atoms with Gasteiger partial charge in [-0.2, -0.15) is 5.10 Å². The minimum atomic E-state index is 0. The van der Waals surface area contributed by atoms with E-state index in [1.807, 2.05) is 10.7 Å². The number of rotatable bonds is 4. The molecule has 1 atom stereocenters. The molecule has 6 nitrogen and oxygen atoms in total. The molecule has 2 aliphatic rings. The number of amides is 1. The SMILES string of the molecule is C[C@@H]1CNCCN1CC(=O)Nc1ccnn1C1CCCC1.Cl.Cl. The Kier molecular flexibility index (Phi) is 8.33. The van der Waals surface area contributed by atoms with Crippen molar-refractivity contribution < 1.29 is 4.79 Å². The number of nitrogens with zero attached hydrogens (tertiary/aromatic N) is 3. The van der Waals surface area contributed by atoms with Gasteiger partial charge in [0.2, 0.25) is 5.91 Å². The van der Waals surface area contributed by atoms with Gasteiger partial charge in [-0.15, -0.1) is 24.8 Å². The van der Waals surface area contributed by atoms with E-state index in [0.717, 1.165) is 25.5 Å². The van der Waals surface area contributed by atoms with Gasteiger partial charge >= 0.3 is 0 Å². The maximum Gasteiger partial charge on any atom is 0.239 e. The molecule has 1 aromatic rings. The van der Waals surface area contributed by atoms with E-state index in [1.54, 1.807) is 6.20 Å². The van der Waals surface area contributed by atoms with Crippen molar-refractivity contribution in [2.75, 3.05) is 31.5 Å². The summed E-state index contributed by atoms with van der Waals surface area (Å²) >= 11 is 0. The average Bonchev–Trinajstić information content (AvgIpc) is 3.11. The molecule has 3 rings (SSSR count). The first kappa shape index (κ1) is 20.2. The predicted molar refractivity (Wildman–Crippen MR) is 96.8 cm³/mol. The molecule has 1 aromatic heterocycles. The van der Waals surface area contributed by atoms with Crippen LogP contribution in [-0.4, -0.2) is 52.8 Å². The topological polar surface area (TPSA) is 62.2 Å². The molecule has 2 fully saturated rings. The largest absolute Gasteiger partial charge is 0.314 e. The first-order valence-electron chi connectivity index (χ1n) is 8.02. The monoisotopic (exact) mass is 363 g/mol. The van der Waals surface area contributed by atoms with Gasteiger partial charge in [0.15, 0.2) is 0 Å². The number of nitrogens with one attached hydrogen (secondary N) is 2. The fourth-order valence-electron chi connectivity index (χ4n) is 3.34. The zero-order valence-electron chi connectivity index (χ0n) is 13.5. The van der Waals surface area contributed by atoms with Crippen LogP contribution in [0.1, 0.15) is 38.6 Å². The van der Waals surface area contributed by atoms with Gasteiger partial charge in [-0.3, -0.25) is 9.69 Å². The van der Waals surface area contributed by atoms with E-state index in [9.17, 15) is 4.79 Å². The number of carbonyl (C=O) groups excluding carboxylic acids is 1. The van der Waals surface area contributed by atoms with Crippen LogP contribution >= 0.6 is 24.8 Å². The number of aromatic nitrogens is 2. The fourth-order valence-corrected chi connectivity index (χ4v) is 3.34. The molecule has 1 saturated heterocycles. The Hall–Kier alpha value is -0.820. The maximum absolute atomic E-state index is 12.3. The van der Waals surface area contributed by atoms with Crippen LogP contribution in [0, 0.1) is 0 Å². The molecular weight excluding hydrogens is 337 g/mol. The van der Waals surface area contributed by atoms with Crippen molar-refractivity contribution in [1.82, 2.24) is 20.0 Å². The highest BCUT2D eigenvalue weighted by molar-refractivity contribution is 5.91. The second kappa shape index (κ2) is 9.47. The molecule has 0 radical (unpaired) electrons. The first-order chi connectivity index (χ1) is 10.2. The first-order valence-corrected chi connectivity index (χ1v) is 8.02. The van der Waals surface area contributed by atoms with Gasteiger partial charge < -0.3 is 10.6 Å². The van der Waals surface area contributed by atoms with Crippen molar-refractivity contribution in [2.45, 2.75) is 44.7 Å². The van der Waals surface area contributed by atoms with E-state index in [-0.39, 0.29) is 30.7 Å². The molecule has 0 aromatic carbocycles. The summed E-state index contributed by atoms with van der Waals surface area (Å²) in [6.45, 7) is 5.45. The lowest BCUT2D eigenvalue weighted by Gasteiger charge is -2.33. The van der Waals surface area contributed by atoms with Crippen molar-refractivity contribution in [3.05, 3.63) is 12.3 Å². The van der Waals surface area contributed by atoms with Crippen LogP contribution < -0.4 is 10.6 Å². The normalized spacial score (nSPS) is 22.2. The number of hydrogen-bond acceptors (Lipinski definition) is 4. The molecule has 0 spiro atoms. The predicted octanol–water partition coefficient (Wildman–Crippen LogP) is 2.07. The lowest BCUT2D eigenvalue weighted by molar-refractivity contribution is -0.118. The van der Waals surface area contributed by atoms with Crippen LogP contribution in [-0.2, 0) is 4.79 Å². The molecule has 1 saturated carbocycles. The van der Waals surface area contributed by atoms with Crippen LogP contribution in [0.3, 0.4) is 0 Å². The Balaban J connectivity index is 0.00000132. The Morgan fingerprint density at radius 2 is 2.13 bits per heavy atom. The van der Waals surface area contributed by atoms with E-state index >= 15 is 0 Å². The van der Waals surface area contributed by atoms with Gasteiger partial charge in [0, 0.05) is 31.7 Å². The van der Waals surface area contributed by atoms with Gasteiger partial charge in [0.25, 0.3) is 0 Å². The van der Waals surface area contributed by atoms with E-state index in [0.29, 0.717) is 18.6 Å².